The molecule has 7 heteroatoms. The van der Waals surface area contributed by atoms with Crippen LogP contribution in [0, 0.1) is 17.8 Å². The van der Waals surface area contributed by atoms with E-state index < -0.39 is 0 Å². The lowest BCUT2D eigenvalue weighted by Gasteiger charge is -2.33. The van der Waals surface area contributed by atoms with Crippen molar-refractivity contribution in [1.29, 1.82) is 0 Å². The number of nitrogens with one attached hydrogen (secondary N) is 3. The van der Waals surface area contributed by atoms with Crippen LogP contribution in [0.15, 0.2) is 48.5 Å². The Hall–Kier alpha value is -2.71. The van der Waals surface area contributed by atoms with Gasteiger partial charge in [-0.3, -0.25) is 20.5 Å². The second-order valence-electron chi connectivity index (χ2n) is 12.1. The zero-order valence-electron chi connectivity index (χ0n) is 22.8. The van der Waals surface area contributed by atoms with Gasteiger partial charge in [-0.1, -0.05) is 36.4 Å². The fourth-order valence-corrected chi connectivity index (χ4v) is 7.72. The summed E-state index contributed by atoms with van der Waals surface area (Å²) in [4.78, 5) is 15.6. The highest BCUT2D eigenvalue weighted by Gasteiger charge is 2.67. The number of ether oxygens (including phenoxy) is 2. The molecule has 5 unspecified atom stereocenters. The molecule has 3 heterocycles. The lowest BCUT2D eigenvalue weighted by Crippen LogP contribution is -2.37. The number of rotatable bonds is 7. The molecule has 0 radical (unpaired) electrons. The van der Waals surface area contributed by atoms with Crippen molar-refractivity contribution in [2.75, 3.05) is 45.3 Å². The Kier molecular flexibility index (Phi) is 6.71. The maximum Gasteiger partial charge on any atom is 0.235 e. The number of hydrazine groups is 1. The van der Waals surface area contributed by atoms with Gasteiger partial charge in [0.25, 0.3) is 0 Å². The monoisotopic (exact) mass is 528 g/mol. The van der Waals surface area contributed by atoms with Crippen LogP contribution in [-0.2, 0) is 21.4 Å². The van der Waals surface area contributed by atoms with Gasteiger partial charge in [0.2, 0.25) is 5.91 Å². The third-order valence-electron chi connectivity index (χ3n) is 10.1. The Bertz CT molecular complexity index is 1240. The first-order chi connectivity index (χ1) is 19.1. The number of morpholine rings is 1. The zero-order valence-corrected chi connectivity index (χ0v) is 22.8. The number of benzene rings is 2. The van der Waals surface area contributed by atoms with Crippen molar-refractivity contribution in [2.24, 2.45) is 17.8 Å². The summed E-state index contributed by atoms with van der Waals surface area (Å²) in [6.07, 6.45) is 10.1. The van der Waals surface area contributed by atoms with Gasteiger partial charge in [0, 0.05) is 37.4 Å². The molecule has 6 atom stereocenters. The summed E-state index contributed by atoms with van der Waals surface area (Å²) in [6.45, 7) is 4.92. The summed E-state index contributed by atoms with van der Waals surface area (Å²) >= 11 is 0. The number of anilines is 1. The molecule has 2 saturated heterocycles. The molecule has 0 bridgehead atoms. The van der Waals surface area contributed by atoms with E-state index in [4.69, 9.17) is 9.47 Å². The number of carbonyl (C=O) groups is 1. The summed E-state index contributed by atoms with van der Waals surface area (Å²) in [5.74, 6) is 2.59. The highest BCUT2D eigenvalue weighted by Crippen LogP contribution is 2.65. The molecule has 7 rings (SSSR count). The van der Waals surface area contributed by atoms with Gasteiger partial charge in [0.1, 0.15) is 5.75 Å². The standard InChI is InChI=1S/C32H40N4O3/c1-38-24-8-11-29-26(19-24)32(31(37)33-29)20-27(32)23-7-9-25-28(34-35-30(25)18-23)10-6-21-2-4-22(5-3-21)12-13-36-14-16-39-17-15-36/h2-6,8,10-11,19,23,25,27-28,30,34-35H,7,9,12-18,20H2,1H3,(H,33,37)/b10-6+/t23?,25?,27?,28?,30?,32-/m0/s1. The first kappa shape index (κ1) is 25.3. The largest absolute Gasteiger partial charge is 0.497 e. The van der Waals surface area contributed by atoms with Crippen LogP contribution < -0.4 is 20.9 Å². The quantitative estimate of drug-likeness (QED) is 0.508. The van der Waals surface area contributed by atoms with Crippen LogP contribution in [0.25, 0.3) is 6.08 Å². The average molecular weight is 529 g/mol. The molecule has 4 fully saturated rings. The number of fused-ring (bicyclic) bond motifs is 3. The van der Waals surface area contributed by atoms with Crippen LogP contribution in [0.4, 0.5) is 5.69 Å². The summed E-state index contributed by atoms with van der Waals surface area (Å²) in [7, 11) is 1.69. The molecule has 3 N–H and O–H groups in total. The van der Waals surface area contributed by atoms with Crippen molar-refractivity contribution >= 4 is 17.7 Å². The van der Waals surface area contributed by atoms with Gasteiger partial charge < -0.3 is 14.8 Å². The van der Waals surface area contributed by atoms with E-state index in [1.54, 1.807) is 7.11 Å². The minimum atomic E-state index is -0.346. The van der Waals surface area contributed by atoms with Crippen molar-refractivity contribution < 1.29 is 14.3 Å². The van der Waals surface area contributed by atoms with Crippen molar-refractivity contribution in [3.8, 4) is 5.75 Å². The van der Waals surface area contributed by atoms with Gasteiger partial charge in [0.15, 0.2) is 0 Å². The Labute approximate surface area is 231 Å². The molecule has 7 nitrogen and oxygen atoms in total. The van der Waals surface area contributed by atoms with Crippen LogP contribution in [0.5, 0.6) is 5.75 Å². The van der Waals surface area contributed by atoms with E-state index in [0.717, 1.165) is 69.1 Å². The highest BCUT2D eigenvalue weighted by atomic mass is 16.5. The van der Waals surface area contributed by atoms with E-state index in [1.165, 1.54) is 24.0 Å². The van der Waals surface area contributed by atoms with E-state index in [9.17, 15) is 4.79 Å². The lowest BCUT2D eigenvalue weighted by atomic mass is 9.73. The fraction of sp³-hybridized carbons (Fsp3) is 0.531. The molecule has 206 valence electrons. The Morgan fingerprint density at radius 1 is 1.10 bits per heavy atom. The third-order valence-corrected chi connectivity index (χ3v) is 10.1. The first-order valence-corrected chi connectivity index (χ1v) is 14.7. The number of nitrogens with zero attached hydrogens (tertiary/aromatic N) is 1. The summed E-state index contributed by atoms with van der Waals surface area (Å²) in [5, 5.41) is 3.14. The van der Waals surface area contributed by atoms with Crippen LogP contribution >= 0.6 is 0 Å². The minimum absolute atomic E-state index is 0.184. The number of methoxy groups -OCH3 is 1. The van der Waals surface area contributed by atoms with E-state index >= 15 is 0 Å². The molecule has 1 spiro atoms. The molecular weight excluding hydrogens is 488 g/mol. The molecule has 0 aromatic heterocycles. The summed E-state index contributed by atoms with van der Waals surface area (Å²) in [5.41, 5.74) is 11.6. The van der Waals surface area contributed by atoms with Gasteiger partial charge in [-0.2, -0.15) is 0 Å². The third kappa shape index (κ3) is 4.69. The second-order valence-corrected chi connectivity index (χ2v) is 12.1. The summed E-state index contributed by atoms with van der Waals surface area (Å²) < 4.78 is 10.9. The number of carbonyl (C=O) groups excluding carboxylic acids is 1. The molecular formula is C32H40N4O3. The fourth-order valence-electron chi connectivity index (χ4n) is 7.72. The predicted molar refractivity (Wildman–Crippen MR) is 153 cm³/mol. The molecule has 2 aliphatic carbocycles. The second kappa shape index (κ2) is 10.4. The van der Waals surface area contributed by atoms with Crippen LogP contribution in [-0.4, -0.2) is 62.8 Å². The Morgan fingerprint density at radius 2 is 1.95 bits per heavy atom. The molecule has 2 saturated carbocycles. The maximum absolute atomic E-state index is 13.1. The van der Waals surface area contributed by atoms with Crippen LogP contribution in [0.1, 0.15) is 42.4 Å². The van der Waals surface area contributed by atoms with Gasteiger partial charge in [-0.05, 0) is 84.7 Å². The molecule has 5 aliphatic rings. The average Bonchev–Trinajstić information content (AvgIpc) is 3.52. The van der Waals surface area contributed by atoms with E-state index in [0.29, 0.717) is 29.8 Å². The number of hydrogen-bond acceptors (Lipinski definition) is 6. The van der Waals surface area contributed by atoms with E-state index in [-0.39, 0.29) is 11.3 Å². The van der Waals surface area contributed by atoms with Gasteiger partial charge >= 0.3 is 0 Å². The molecule has 1 amide bonds. The Morgan fingerprint density at radius 3 is 2.77 bits per heavy atom. The minimum Gasteiger partial charge on any atom is -0.497 e. The van der Waals surface area contributed by atoms with Crippen molar-refractivity contribution in [3.63, 3.8) is 0 Å². The first-order valence-electron chi connectivity index (χ1n) is 14.7. The smallest absolute Gasteiger partial charge is 0.235 e. The van der Waals surface area contributed by atoms with Crippen molar-refractivity contribution in [3.05, 3.63) is 65.2 Å². The Balaban J connectivity index is 0.943. The lowest BCUT2D eigenvalue weighted by molar-refractivity contribution is -0.118. The van der Waals surface area contributed by atoms with Crippen molar-refractivity contribution in [1.82, 2.24) is 15.8 Å². The van der Waals surface area contributed by atoms with Crippen LogP contribution in [0.2, 0.25) is 0 Å². The predicted octanol–water partition coefficient (Wildman–Crippen LogP) is 3.75. The van der Waals surface area contributed by atoms with E-state index in [2.05, 4.69) is 63.6 Å². The van der Waals surface area contributed by atoms with Crippen LogP contribution in [0.3, 0.4) is 0 Å². The number of amides is 1. The molecule has 39 heavy (non-hydrogen) atoms. The van der Waals surface area contributed by atoms with Gasteiger partial charge in [0.05, 0.1) is 25.7 Å². The van der Waals surface area contributed by atoms with Gasteiger partial charge in [-0.25, -0.2) is 0 Å². The SMILES string of the molecule is COc1ccc2c(c1)[C@]1(CC1C1CCC3C(/C=C/c4ccc(CCN5CCOCC5)cc4)NNC3C1)C(=O)N2. The molecule has 2 aromatic rings. The molecule has 2 aromatic carbocycles. The van der Waals surface area contributed by atoms with E-state index in [1.807, 2.05) is 12.1 Å². The topological polar surface area (TPSA) is 74.9 Å². The van der Waals surface area contributed by atoms with Gasteiger partial charge in [-0.15, -0.1) is 0 Å². The summed E-state index contributed by atoms with van der Waals surface area (Å²) in [6, 6.07) is 15.8. The normalized spacial score (nSPS) is 33.8. The molecule has 3 aliphatic heterocycles. The zero-order chi connectivity index (χ0) is 26.4. The highest BCUT2D eigenvalue weighted by molar-refractivity contribution is 6.09. The number of hydrogen-bond donors (Lipinski definition) is 3. The van der Waals surface area contributed by atoms with Crippen molar-refractivity contribution in [2.45, 2.75) is 49.6 Å². The maximum atomic E-state index is 13.1.